The third kappa shape index (κ3) is 1.17. The molecule has 0 bridgehead atoms. The number of amides is 1. The minimum absolute atomic E-state index is 0.0432. The molecule has 48 valence electrons. The number of aromatic nitrogens is 2. The first-order chi connectivity index (χ1) is 4.22. The Morgan fingerprint density at radius 1 is 1.78 bits per heavy atom. The maximum atomic E-state index is 10.3. The normalized spacial score (nSPS) is 9.44. The smallest absolute Gasteiger partial charge is 0.271 e. The lowest BCUT2D eigenvalue weighted by Gasteiger charge is -1.81. The second-order valence-corrected chi connectivity index (χ2v) is 2.62. The quantitative estimate of drug-likeness (QED) is 0.647. The summed E-state index contributed by atoms with van der Waals surface area (Å²) in [4.78, 5) is 10.3. The van der Waals surface area contributed by atoms with Gasteiger partial charge < -0.3 is 5.73 Å². The van der Waals surface area contributed by atoms with E-state index in [2.05, 4.69) is 9.59 Å². The lowest BCUT2D eigenvalue weighted by Crippen LogP contribution is -2.11. The second-order valence-electron chi connectivity index (χ2n) is 1.26. The van der Waals surface area contributed by atoms with Gasteiger partial charge in [0.1, 0.15) is 4.34 Å². The molecule has 0 aliphatic heterocycles. The van der Waals surface area contributed by atoms with Crippen LogP contribution in [0, 0.1) is 0 Å². The van der Waals surface area contributed by atoms with Gasteiger partial charge in [0.25, 0.3) is 5.91 Å². The maximum Gasteiger partial charge on any atom is 0.271 e. The van der Waals surface area contributed by atoms with Crippen molar-refractivity contribution in [1.82, 2.24) is 9.59 Å². The molecule has 0 saturated heterocycles. The van der Waals surface area contributed by atoms with Gasteiger partial charge in [-0.2, -0.15) is 0 Å². The third-order valence-electron chi connectivity index (χ3n) is 0.681. The van der Waals surface area contributed by atoms with E-state index in [1.807, 2.05) is 0 Å². The van der Waals surface area contributed by atoms with Crippen LogP contribution in [0.15, 0.2) is 0 Å². The molecular weight excluding hydrogens is 162 g/mol. The van der Waals surface area contributed by atoms with Crippen LogP contribution in [0.25, 0.3) is 0 Å². The molecule has 6 heteroatoms. The number of rotatable bonds is 1. The summed E-state index contributed by atoms with van der Waals surface area (Å²) in [6.07, 6.45) is 0. The highest BCUT2D eigenvalue weighted by Crippen LogP contribution is 2.15. The molecule has 1 heterocycles. The number of carbonyl (C=O) groups excluding carboxylic acids is 1. The molecule has 0 aromatic carbocycles. The van der Waals surface area contributed by atoms with E-state index >= 15 is 0 Å². The minimum Gasteiger partial charge on any atom is -0.364 e. The first-order valence-corrected chi connectivity index (χ1v) is 3.14. The average Bonchev–Trinajstić information content (AvgIpc) is 2.13. The zero-order valence-corrected chi connectivity index (χ0v) is 5.74. The summed E-state index contributed by atoms with van der Waals surface area (Å²) in [5.74, 6) is -0.645. The van der Waals surface area contributed by atoms with E-state index in [9.17, 15) is 4.79 Å². The summed E-state index contributed by atoms with van der Waals surface area (Å²) in [5, 5.41) is 3.38. The van der Waals surface area contributed by atoms with Gasteiger partial charge in [0, 0.05) is 11.5 Å². The summed E-state index contributed by atoms with van der Waals surface area (Å²) in [6, 6.07) is 0. The average molecular weight is 164 g/mol. The van der Waals surface area contributed by atoms with Crippen molar-refractivity contribution >= 4 is 29.0 Å². The topological polar surface area (TPSA) is 68.9 Å². The fraction of sp³-hybridized carbons (Fsp3) is 0. The number of hydrogen-bond acceptors (Lipinski definition) is 4. The van der Waals surface area contributed by atoms with Crippen LogP contribution in [-0.4, -0.2) is 15.5 Å². The van der Waals surface area contributed by atoms with Crippen LogP contribution in [0.5, 0.6) is 0 Å². The molecule has 0 atom stereocenters. The number of hydrogen-bond donors (Lipinski definition) is 1. The Morgan fingerprint density at radius 3 is 2.67 bits per heavy atom. The zero-order chi connectivity index (χ0) is 6.85. The maximum absolute atomic E-state index is 10.3. The summed E-state index contributed by atoms with van der Waals surface area (Å²) >= 11 is 6.36. The minimum atomic E-state index is -0.645. The molecule has 0 fully saturated rings. The highest BCUT2D eigenvalue weighted by Gasteiger charge is 2.09. The fourth-order valence-corrected chi connectivity index (χ4v) is 0.971. The van der Waals surface area contributed by atoms with Crippen LogP contribution < -0.4 is 5.73 Å². The van der Waals surface area contributed by atoms with Gasteiger partial charge >= 0.3 is 0 Å². The summed E-state index contributed by atoms with van der Waals surface area (Å²) < 4.78 is 3.64. The molecule has 0 unspecified atom stereocenters. The molecule has 0 radical (unpaired) electrons. The second kappa shape index (κ2) is 2.28. The first kappa shape index (κ1) is 6.44. The Hall–Kier alpha value is -0.680. The van der Waals surface area contributed by atoms with E-state index in [-0.39, 0.29) is 10.0 Å². The van der Waals surface area contributed by atoms with Gasteiger partial charge in [-0.25, -0.2) is 0 Å². The van der Waals surface area contributed by atoms with Crippen LogP contribution in [0.4, 0.5) is 0 Å². The van der Waals surface area contributed by atoms with Crippen molar-refractivity contribution in [3.8, 4) is 0 Å². The van der Waals surface area contributed by atoms with Crippen molar-refractivity contribution in [3.05, 3.63) is 10.0 Å². The van der Waals surface area contributed by atoms with Crippen LogP contribution >= 0.6 is 23.1 Å². The van der Waals surface area contributed by atoms with E-state index in [4.69, 9.17) is 17.3 Å². The summed E-state index contributed by atoms with van der Waals surface area (Å²) in [7, 11) is 0. The molecular formula is C3H2ClN3OS. The van der Waals surface area contributed by atoms with E-state index in [0.29, 0.717) is 0 Å². The summed E-state index contributed by atoms with van der Waals surface area (Å²) in [5.41, 5.74) is 4.88. The highest BCUT2D eigenvalue weighted by atomic mass is 35.5. The monoisotopic (exact) mass is 163 g/mol. The predicted octanol–water partition coefficient (Wildman–Crippen LogP) is 0.290. The Kier molecular flexibility index (Phi) is 1.63. The molecule has 1 amide bonds. The van der Waals surface area contributed by atoms with Crippen LogP contribution in [0.1, 0.15) is 10.5 Å². The van der Waals surface area contributed by atoms with Gasteiger partial charge in [-0.1, -0.05) is 16.1 Å². The predicted molar refractivity (Wildman–Crippen MR) is 33.4 cm³/mol. The molecule has 1 rings (SSSR count). The Morgan fingerprint density at radius 2 is 2.44 bits per heavy atom. The van der Waals surface area contributed by atoms with E-state index < -0.39 is 5.91 Å². The highest BCUT2D eigenvalue weighted by molar-refractivity contribution is 7.10. The zero-order valence-electron chi connectivity index (χ0n) is 4.17. The van der Waals surface area contributed by atoms with Gasteiger partial charge in [0.15, 0.2) is 5.69 Å². The van der Waals surface area contributed by atoms with Crippen LogP contribution in [0.3, 0.4) is 0 Å². The first-order valence-electron chi connectivity index (χ1n) is 1.99. The molecule has 0 spiro atoms. The number of nitrogens with zero attached hydrogens (tertiary/aromatic N) is 2. The van der Waals surface area contributed by atoms with E-state index in [0.717, 1.165) is 11.5 Å². The molecule has 2 N–H and O–H groups in total. The molecule has 1 aromatic heterocycles. The Balaban J connectivity index is 3.08. The van der Waals surface area contributed by atoms with Gasteiger partial charge in [0.2, 0.25) is 0 Å². The van der Waals surface area contributed by atoms with Crippen molar-refractivity contribution in [2.45, 2.75) is 0 Å². The van der Waals surface area contributed by atoms with Gasteiger partial charge in [-0.05, 0) is 0 Å². The molecule has 1 aromatic rings. The SMILES string of the molecule is NC(=O)c1nnsc1Cl. The van der Waals surface area contributed by atoms with Crippen molar-refractivity contribution in [3.63, 3.8) is 0 Å². The Bertz CT molecular complexity index is 235. The van der Waals surface area contributed by atoms with Crippen molar-refractivity contribution in [2.24, 2.45) is 5.73 Å². The van der Waals surface area contributed by atoms with Gasteiger partial charge in [-0.15, -0.1) is 5.10 Å². The summed E-state index contributed by atoms with van der Waals surface area (Å²) in [6.45, 7) is 0. The van der Waals surface area contributed by atoms with E-state index in [1.54, 1.807) is 0 Å². The van der Waals surface area contributed by atoms with E-state index in [1.165, 1.54) is 0 Å². The standard InChI is InChI=1S/C3H2ClN3OS/c4-2-1(3(5)8)6-7-9-2/h(H2,5,8). The van der Waals surface area contributed by atoms with Crippen LogP contribution in [0.2, 0.25) is 4.34 Å². The fourth-order valence-electron chi connectivity index (χ4n) is 0.326. The van der Waals surface area contributed by atoms with Gasteiger partial charge in [0.05, 0.1) is 0 Å². The van der Waals surface area contributed by atoms with Crippen molar-refractivity contribution in [1.29, 1.82) is 0 Å². The lowest BCUT2D eigenvalue weighted by atomic mass is 10.5. The number of nitrogens with two attached hydrogens (primary N) is 1. The van der Waals surface area contributed by atoms with Crippen molar-refractivity contribution in [2.75, 3.05) is 0 Å². The van der Waals surface area contributed by atoms with Crippen LogP contribution in [-0.2, 0) is 0 Å². The lowest BCUT2D eigenvalue weighted by molar-refractivity contribution is 0.0995. The molecule has 0 aliphatic carbocycles. The Labute approximate surface area is 59.8 Å². The largest absolute Gasteiger partial charge is 0.364 e. The third-order valence-corrected chi connectivity index (χ3v) is 1.58. The molecule has 0 saturated carbocycles. The number of carbonyl (C=O) groups is 1. The number of halogens is 1. The molecule has 4 nitrogen and oxygen atoms in total. The van der Waals surface area contributed by atoms with Crippen molar-refractivity contribution < 1.29 is 4.79 Å². The molecule has 9 heavy (non-hydrogen) atoms. The number of primary amides is 1. The van der Waals surface area contributed by atoms with Gasteiger partial charge in [-0.3, -0.25) is 4.79 Å². The molecule has 0 aliphatic rings.